The zero-order valence-electron chi connectivity index (χ0n) is 16.3. The molecule has 1 aliphatic rings. The van der Waals surface area contributed by atoms with E-state index in [1.165, 1.54) is 0 Å². The molecule has 156 valence electrons. The average Bonchev–Trinajstić information content (AvgIpc) is 2.66. The first kappa shape index (κ1) is 23.0. The lowest BCUT2D eigenvalue weighted by Crippen LogP contribution is -2.51. The Balaban J connectivity index is 2.39. The Labute approximate surface area is 160 Å². The van der Waals surface area contributed by atoms with Gasteiger partial charge in [0.2, 0.25) is 0 Å². The van der Waals surface area contributed by atoms with Crippen LogP contribution >= 0.6 is 0 Å². The summed E-state index contributed by atoms with van der Waals surface area (Å²) < 4.78 is 10.0. The van der Waals surface area contributed by atoms with E-state index >= 15 is 0 Å². The van der Waals surface area contributed by atoms with E-state index in [2.05, 4.69) is 16.0 Å². The molecule has 10 heteroatoms. The molecule has 0 aliphatic carbocycles. The highest BCUT2D eigenvalue weighted by atomic mass is 16.6. The molecule has 5 N–H and O–H groups in total. The number of nitrogens with two attached hydrogens (primary N) is 1. The number of ether oxygens (including phenoxy) is 2. The van der Waals surface area contributed by atoms with Gasteiger partial charge in [0.25, 0.3) is 5.91 Å². The zero-order valence-corrected chi connectivity index (χ0v) is 16.3. The van der Waals surface area contributed by atoms with E-state index in [4.69, 9.17) is 15.2 Å². The predicted molar refractivity (Wildman–Crippen MR) is 100 cm³/mol. The van der Waals surface area contributed by atoms with E-state index in [1.54, 1.807) is 19.1 Å². The summed E-state index contributed by atoms with van der Waals surface area (Å²) >= 11 is 0. The van der Waals surface area contributed by atoms with Gasteiger partial charge in [-0.3, -0.25) is 4.79 Å². The first-order valence-electron chi connectivity index (χ1n) is 9.40. The number of amides is 4. The van der Waals surface area contributed by atoms with Gasteiger partial charge >= 0.3 is 12.1 Å². The largest absolute Gasteiger partial charge is 0.436 e. The number of nitrogens with zero attached hydrogens (tertiary/aromatic N) is 1. The average molecular weight is 387 g/mol. The maximum Gasteiger partial charge on any atom is 0.405 e. The first-order chi connectivity index (χ1) is 13.0. The number of unbranched alkanes of at least 4 members (excludes halogenated alkanes) is 1. The van der Waals surface area contributed by atoms with Gasteiger partial charge in [-0.2, -0.15) is 0 Å². The molecule has 10 nitrogen and oxygen atoms in total. The number of carbonyl (C=O) groups is 3. The minimum absolute atomic E-state index is 0.0303. The number of primary amides is 1. The number of rotatable bonds is 11. The second kappa shape index (κ2) is 13.2. The van der Waals surface area contributed by atoms with Gasteiger partial charge in [-0.25, -0.2) is 9.59 Å². The SMILES string of the molecule is CNC(=O)NC1CCN(C(=O)C(CCCCNCCOC)OC(N)=O)CC1. The number of carbonyl (C=O) groups excluding carboxylic acids is 3. The molecule has 27 heavy (non-hydrogen) atoms. The van der Waals surface area contributed by atoms with Crippen molar-refractivity contribution >= 4 is 18.0 Å². The molecular weight excluding hydrogens is 354 g/mol. The fraction of sp³-hybridized carbons (Fsp3) is 0.824. The Morgan fingerprint density at radius 2 is 1.89 bits per heavy atom. The minimum atomic E-state index is -0.942. The van der Waals surface area contributed by atoms with Crippen LogP contribution in [0.5, 0.6) is 0 Å². The van der Waals surface area contributed by atoms with Crippen molar-refractivity contribution in [3.8, 4) is 0 Å². The van der Waals surface area contributed by atoms with Crippen LogP contribution in [-0.4, -0.2) is 82.0 Å². The fourth-order valence-electron chi connectivity index (χ4n) is 2.96. The van der Waals surface area contributed by atoms with Crippen LogP contribution in [-0.2, 0) is 14.3 Å². The Morgan fingerprint density at radius 3 is 2.48 bits per heavy atom. The quantitative estimate of drug-likeness (QED) is 0.362. The maximum absolute atomic E-state index is 12.7. The molecule has 0 aromatic heterocycles. The highest BCUT2D eigenvalue weighted by Crippen LogP contribution is 2.15. The molecule has 0 aromatic rings. The third kappa shape index (κ3) is 9.43. The molecule has 1 fully saturated rings. The summed E-state index contributed by atoms with van der Waals surface area (Å²) in [5.41, 5.74) is 5.13. The van der Waals surface area contributed by atoms with Crippen molar-refractivity contribution in [2.75, 3.05) is 46.9 Å². The van der Waals surface area contributed by atoms with Gasteiger partial charge in [0.1, 0.15) is 0 Å². The molecule has 0 radical (unpaired) electrons. The number of methoxy groups -OCH3 is 1. The summed E-state index contributed by atoms with van der Waals surface area (Å²) in [5, 5.41) is 8.59. The predicted octanol–water partition coefficient (Wildman–Crippen LogP) is -0.223. The standard InChI is InChI=1S/C17H33N5O5/c1-19-17(25)21-13-6-10-22(11-7-13)15(23)14(27-16(18)24)5-3-4-8-20-9-12-26-2/h13-14,20H,3-12H2,1-2H3,(H2,18,24)(H2,19,21,25). The van der Waals surface area contributed by atoms with Crippen LogP contribution in [0, 0.1) is 0 Å². The van der Waals surface area contributed by atoms with Crippen LogP contribution in [0.4, 0.5) is 9.59 Å². The van der Waals surface area contributed by atoms with Gasteiger partial charge in [-0.05, 0) is 38.6 Å². The third-order valence-electron chi connectivity index (χ3n) is 4.46. The van der Waals surface area contributed by atoms with Gasteiger partial charge in [-0.15, -0.1) is 0 Å². The smallest absolute Gasteiger partial charge is 0.405 e. The van der Waals surface area contributed by atoms with E-state index in [9.17, 15) is 14.4 Å². The summed E-state index contributed by atoms with van der Waals surface area (Å²) in [6.07, 6.45) is 1.54. The summed E-state index contributed by atoms with van der Waals surface area (Å²) in [4.78, 5) is 36.9. The highest BCUT2D eigenvalue weighted by molar-refractivity contribution is 5.83. The molecule has 1 saturated heterocycles. The van der Waals surface area contributed by atoms with Crippen LogP contribution in [0.3, 0.4) is 0 Å². The number of urea groups is 1. The normalized spacial score (nSPS) is 15.9. The maximum atomic E-state index is 12.7. The second-order valence-corrected chi connectivity index (χ2v) is 6.49. The molecule has 0 spiro atoms. The lowest BCUT2D eigenvalue weighted by Gasteiger charge is -2.34. The number of likely N-dealkylation sites (tertiary alicyclic amines) is 1. The van der Waals surface area contributed by atoms with E-state index in [0.29, 0.717) is 39.0 Å². The van der Waals surface area contributed by atoms with Crippen molar-refractivity contribution in [3.05, 3.63) is 0 Å². The van der Waals surface area contributed by atoms with Crippen LogP contribution in [0.1, 0.15) is 32.1 Å². The fourth-order valence-corrected chi connectivity index (χ4v) is 2.96. The minimum Gasteiger partial charge on any atom is -0.436 e. The number of piperidine rings is 1. The molecule has 1 rings (SSSR count). The van der Waals surface area contributed by atoms with Crippen LogP contribution in [0.15, 0.2) is 0 Å². The summed E-state index contributed by atoms with van der Waals surface area (Å²) in [7, 11) is 3.21. The molecular formula is C17H33N5O5. The van der Waals surface area contributed by atoms with E-state index in [1.807, 2.05) is 0 Å². The number of hydrogen-bond acceptors (Lipinski definition) is 6. The molecule has 1 atom stereocenters. The molecule has 1 aliphatic heterocycles. The van der Waals surface area contributed by atoms with Crippen molar-refractivity contribution in [2.45, 2.75) is 44.2 Å². The summed E-state index contributed by atoms with van der Waals surface area (Å²) in [6, 6.07) is -0.198. The molecule has 1 unspecified atom stereocenters. The van der Waals surface area contributed by atoms with Gasteiger partial charge in [0, 0.05) is 39.8 Å². The lowest BCUT2D eigenvalue weighted by molar-refractivity contribution is -0.141. The Bertz CT molecular complexity index is 469. The van der Waals surface area contributed by atoms with E-state index < -0.39 is 12.2 Å². The number of nitrogens with one attached hydrogen (secondary N) is 3. The molecule has 0 saturated carbocycles. The molecule has 1 heterocycles. The summed E-state index contributed by atoms with van der Waals surface area (Å²) in [5.74, 6) is -0.223. The van der Waals surface area contributed by atoms with Crippen molar-refractivity contribution in [1.29, 1.82) is 0 Å². The molecule has 0 aromatic carbocycles. The van der Waals surface area contributed by atoms with E-state index in [-0.39, 0.29) is 18.0 Å². The Morgan fingerprint density at radius 1 is 1.19 bits per heavy atom. The Hall–Kier alpha value is -2.07. The van der Waals surface area contributed by atoms with Gasteiger partial charge < -0.3 is 36.1 Å². The molecule has 4 amide bonds. The summed E-state index contributed by atoms with van der Waals surface area (Å²) in [6.45, 7) is 3.24. The second-order valence-electron chi connectivity index (χ2n) is 6.49. The van der Waals surface area contributed by atoms with Crippen LogP contribution < -0.4 is 21.7 Å². The van der Waals surface area contributed by atoms with Gasteiger partial charge in [0.05, 0.1) is 6.61 Å². The molecule has 0 bridgehead atoms. The van der Waals surface area contributed by atoms with Crippen LogP contribution in [0.25, 0.3) is 0 Å². The van der Waals surface area contributed by atoms with Crippen molar-refractivity contribution in [1.82, 2.24) is 20.9 Å². The van der Waals surface area contributed by atoms with Crippen molar-refractivity contribution in [3.63, 3.8) is 0 Å². The third-order valence-corrected chi connectivity index (χ3v) is 4.46. The van der Waals surface area contributed by atoms with Gasteiger partial charge in [-0.1, -0.05) is 0 Å². The first-order valence-corrected chi connectivity index (χ1v) is 9.40. The topological polar surface area (TPSA) is 135 Å². The lowest BCUT2D eigenvalue weighted by atomic mass is 10.0. The highest BCUT2D eigenvalue weighted by Gasteiger charge is 2.30. The van der Waals surface area contributed by atoms with E-state index in [0.717, 1.165) is 25.9 Å². The Kier molecular flexibility index (Phi) is 11.2. The zero-order chi connectivity index (χ0) is 20.1. The monoisotopic (exact) mass is 387 g/mol. The van der Waals surface area contributed by atoms with Crippen molar-refractivity contribution in [2.24, 2.45) is 5.73 Å². The van der Waals surface area contributed by atoms with Crippen molar-refractivity contribution < 1.29 is 23.9 Å². The number of hydrogen-bond donors (Lipinski definition) is 4. The van der Waals surface area contributed by atoms with Gasteiger partial charge in [0.15, 0.2) is 6.10 Å². The van der Waals surface area contributed by atoms with Crippen LogP contribution in [0.2, 0.25) is 0 Å².